The Morgan fingerprint density at radius 2 is 2.00 bits per heavy atom. The van der Waals surface area contributed by atoms with Gasteiger partial charge in [0.15, 0.2) is 0 Å². The number of hydrogen-bond donors (Lipinski definition) is 1. The lowest BCUT2D eigenvalue weighted by Crippen LogP contribution is -2.45. The van der Waals surface area contributed by atoms with Crippen LogP contribution in [-0.2, 0) is 4.79 Å². The van der Waals surface area contributed by atoms with Gasteiger partial charge >= 0.3 is 0 Å². The molecule has 0 spiro atoms. The zero-order chi connectivity index (χ0) is 12.8. The predicted octanol–water partition coefficient (Wildman–Crippen LogP) is 3.51. The normalized spacial score (nSPS) is 37.1. The Bertz CT molecular complexity index is 327. The number of hydrogen-bond acceptors (Lipinski definition) is 1. The van der Waals surface area contributed by atoms with Crippen LogP contribution in [-0.4, -0.2) is 16.3 Å². The van der Waals surface area contributed by atoms with Gasteiger partial charge in [-0.1, -0.05) is 20.3 Å². The van der Waals surface area contributed by atoms with Gasteiger partial charge < -0.3 is 5.32 Å². The number of carbonyl (C=O) groups is 1. The highest BCUT2D eigenvalue weighted by atomic mass is 35.5. The predicted molar refractivity (Wildman–Crippen MR) is 71.3 cm³/mol. The zero-order valence-corrected chi connectivity index (χ0v) is 12.2. The van der Waals surface area contributed by atoms with Crippen molar-refractivity contribution in [1.29, 1.82) is 0 Å². The number of halogens is 2. The summed E-state index contributed by atoms with van der Waals surface area (Å²) < 4.78 is -0.884. The second kappa shape index (κ2) is 4.31. The van der Waals surface area contributed by atoms with E-state index in [9.17, 15) is 4.79 Å². The Balaban J connectivity index is 2.00. The quantitative estimate of drug-likeness (QED) is 0.783. The average Bonchev–Trinajstić information content (AvgIpc) is 2.58. The van der Waals surface area contributed by atoms with Crippen LogP contribution in [0, 0.1) is 17.3 Å². The minimum Gasteiger partial charge on any atom is -0.353 e. The maximum Gasteiger partial charge on any atom is 0.229 e. The monoisotopic (exact) mass is 277 g/mol. The number of nitrogens with one attached hydrogen (secondary N) is 1. The van der Waals surface area contributed by atoms with Crippen molar-refractivity contribution < 1.29 is 4.79 Å². The molecular weight excluding hydrogens is 257 g/mol. The van der Waals surface area contributed by atoms with Gasteiger partial charge in [0.25, 0.3) is 0 Å². The first-order valence-corrected chi connectivity index (χ1v) is 7.32. The second-order valence-corrected chi connectivity index (χ2v) is 7.01. The minimum absolute atomic E-state index is 0.0388. The molecule has 0 aliphatic heterocycles. The van der Waals surface area contributed by atoms with Crippen molar-refractivity contribution in [1.82, 2.24) is 5.32 Å². The number of amides is 1. The molecule has 1 N–H and O–H groups in total. The molecule has 2 rings (SSSR count). The Labute approximate surface area is 113 Å². The highest BCUT2D eigenvalue weighted by molar-refractivity contribution is 6.53. The fourth-order valence-electron chi connectivity index (χ4n) is 3.08. The summed E-state index contributed by atoms with van der Waals surface area (Å²) in [5.74, 6) is 0.718. The van der Waals surface area contributed by atoms with Gasteiger partial charge in [-0.15, -0.1) is 23.2 Å². The van der Waals surface area contributed by atoms with E-state index in [0.717, 1.165) is 0 Å². The van der Waals surface area contributed by atoms with Crippen molar-refractivity contribution in [3.05, 3.63) is 0 Å². The summed E-state index contributed by atoms with van der Waals surface area (Å²) in [6.45, 7) is 6.02. The molecule has 0 bridgehead atoms. The van der Waals surface area contributed by atoms with Crippen molar-refractivity contribution in [2.24, 2.45) is 17.3 Å². The molecule has 0 aromatic carbocycles. The molecule has 1 amide bonds. The molecule has 3 atom stereocenters. The average molecular weight is 278 g/mol. The third-order valence-corrected chi connectivity index (χ3v) is 6.30. The molecule has 0 aromatic rings. The van der Waals surface area contributed by atoms with Gasteiger partial charge in [-0.25, -0.2) is 0 Å². The minimum atomic E-state index is -0.884. The van der Waals surface area contributed by atoms with E-state index in [1.54, 1.807) is 0 Å². The maximum absolute atomic E-state index is 12.4. The standard InChI is InChI=1S/C13H21Cl2NO/c1-4-12(9(3)13(12,14)15)11(17)16-8(2)10-6-5-7-10/h8-10H,4-7H2,1-3H3,(H,16,17). The highest BCUT2D eigenvalue weighted by Crippen LogP contribution is 2.70. The SMILES string of the molecule is CCC1(C(=O)NC(C)C2CCC2)C(C)C1(Cl)Cl. The zero-order valence-electron chi connectivity index (χ0n) is 10.7. The maximum atomic E-state index is 12.4. The van der Waals surface area contributed by atoms with Crippen molar-refractivity contribution in [2.45, 2.75) is 56.8 Å². The first kappa shape index (κ1) is 13.5. The lowest BCUT2D eigenvalue weighted by atomic mass is 9.80. The van der Waals surface area contributed by atoms with Gasteiger partial charge in [-0.3, -0.25) is 4.79 Å². The molecule has 2 fully saturated rings. The molecule has 0 radical (unpaired) electrons. The van der Waals surface area contributed by atoms with Crippen LogP contribution in [0.2, 0.25) is 0 Å². The molecule has 3 unspecified atom stereocenters. The van der Waals surface area contributed by atoms with Crippen LogP contribution < -0.4 is 5.32 Å². The number of alkyl halides is 2. The van der Waals surface area contributed by atoms with Crippen LogP contribution in [0.5, 0.6) is 0 Å². The van der Waals surface area contributed by atoms with Gasteiger partial charge in [-0.05, 0) is 32.1 Å². The molecular formula is C13H21Cl2NO. The van der Waals surface area contributed by atoms with Crippen LogP contribution in [0.4, 0.5) is 0 Å². The molecule has 0 saturated heterocycles. The van der Waals surface area contributed by atoms with Gasteiger partial charge in [0, 0.05) is 12.0 Å². The molecule has 0 heterocycles. The van der Waals surface area contributed by atoms with Gasteiger partial charge in [-0.2, -0.15) is 0 Å². The van der Waals surface area contributed by atoms with Gasteiger partial charge in [0.05, 0.1) is 5.41 Å². The Hall–Kier alpha value is 0.0500. The Kier molecular flexibility index (Phi) is 3.42. The van der Waals surface area contributed by atoms with Crippen LogP contribution in [0.15, 0.2) is 0 Å². The first-order chi connectivity index (χ1) is 7.88. The molecule has 2 nitrogen and oxygen atoms in total. The van der Waals surface area contributed by atoms with Crippen LogP contribution in [0.1, 0.15) is 46.5 Å². The smallest absolute Gasteiger partial charge is 0.229 e. The van der Waals surface area contributed by atoms with Crippen LogP contribution in [0.3, 0.4) is 0 Å². The number of rotatable bonds is 4. The van der Waals surface area contributed by atoms with E-state index in [-0.39, 0.29) is 17.9 Å². The van der Waals surface area contributed by atoms with Crippen molar-refractivity contribution >= 4 is 29.1 Å². The van der Waals surface area contributed by atoms with Crippen molar-refractivity contribution in [3.8, 4) is 0 Å². The lowest BCUT2D eigenvalue weighted by Gasteiger charge is -2.33. The molecule has 2 saturated carbocycles. The van der Waals surface area contributed by atoms with E-state index in [1.165, 1.54) is 19.3 Å². The topological polar surface area (TPSA) is 29.1 Å². The van der Waals surface area contributed by atoms with Gasteiger partial charge in [0.2, 0.25) is 5.91 Å². The molecule has 2 aliphatic rings. The largest absolute Gasteiger partial charge is 0.353 e. The molecule has 0 aromatic heterocycles. The van der Waals surface area contributed by atoms with E-state index < -0.39 is 9.75 Å². The highest BCUT2D eigenvalue weighted by Gasteiger charge is 2.76. The molecule has 4 heteroatoms. The summed E-state index contributed by atoms with van der Waals surface area (Å²) in [6, 6.07) is 0.247. The van der Waals surface area contributed by atoms with Gasteiger partial charge in [0.1, 0.15) is 4.33 Å². The summed E-state index contributed by atoms with van der Waals surface area (Å²) in [5.41, 5.74) is -0.575. The second-order valence-electron chi connectivity index (χ2n) is 5.62. The molecule has 98 valence electrons. The van der Waals surface area contributed by atoms with Crippen LogP contribution in [0.25, 0.3) is 0 Å². The van der Waals surface area contributed by atoms with E-state index in [1.807, 2.05) is 13.8 Å². The summed E-state index contributed by atoms with van der Waals surface area (Å²) in [7, 11) is 0. The summed E-state index contributed by atoms with van der Waals surface area (Å²) in [4.78, 5) is 12.4. The van der Waals surface area contributed by atoms with Crippen LogP contribution >= 0.6 is 23.2 Å². The van der Waals surface area contributed by atoms with E-state index in [4.69, 9.17) is 23.2 Å². The third kappa shape index (κ3) is 1.79. The van der Waals surface area contributed by atoms with E-state index >= 15 is 0 Å². The number of carbonyl (C=O) groups excluding carboxylic acids is 1. The van der Waals surface area contributed by atoms with E-state index in [0.29, 0.717) is 12.3 Å². The Morgan fingerprint density at radius 3 is 2.29 bits per heavy atom. The fourth-order valence-corrected chi connectivity index (χ4v) is 4.11. The fraction of sp³-hybridized carbons (Fsp3) is 0.923. The third-order valence-electron chi connectivity index (χ3n) is 4.97. The Morgan fingerprint density at radius 1 is 1.47 bits per heavy atom. The summed E-state index contributed by atoms with van der Waals surface area (Å²) >= 11 is 12.4. The van der Waals surface area contributed by atoms with E-state index in [2.05, 4.69) is 12.2 Å². The molecule has 2 aliphatic carbocycles. The molecule has 17 heavy (non-hydrogen) atoms. The summed E-state index contributed by atoms with van der Waals surface area (Å²) in [6.07, 6.45) is 4.44. The van der Waals surface area contributed by atoms with Crippen molar-refractivity contribution in [3.63, 3.8) is 0 Å². The summed E-state index contributed by atoms with van der Waals surface area (Å²) in [5, 5.41) is 3.11. The first-order valence-electron chi connectivity index (χ1n) is 6.56. The van der Waals surface area contributed by atoms with Crippen molar-refractivity contribution in [2.75, 3.05) is 0 Å². The lowest BCUT2D eigenvalue weighted by molar-refractivity contribution is -0.128.